The van der Waals surface area contributed by atoms with Gasteiger partial charge in [0.15, 0.2) is 0 Å². The highest BCUT2D eigenvalue weighted by atomic mass is 35.5. The van der Waals surface area contributed by atoms with E-state index < -0.39 is 6.10 Å². The summed E-state index contributed by atoms with van der Waals surface area (Å²) in [6, 6.07) is 0. The predicted octanol–water partition coefficient (Wildman–Crippen LogP) is 3.15. The van der Waals surface area contributed by atoms with Crippen molar-refractivity contribution in [3.05, 3.63) is 16.4 Å². The molecule has 5 heteroatoms. The van der Waals surface area contributed by atoms with Crippen LogP contribution in [0.5, 0.6) is 0 Å². The summed E-state index contributed by atoms with van der Waals surface area (Å²) < 4.78 is 7.68. The third-order valence-corrected chi connectivity index (χ3v) is 5.43. The highest BCUT2D eigenvalue weighted by Crippen LogP contribution is 2.46. The molecular formula is C15H23ClN2O2. The molecule has 3 rings (SSSR count). The van der Waals surface area contributed by atoms with Crippen molar-refractivity contribution < 1.29 is 9.84 Å². The SMILES string of the molecule is Cc1nn(C)c(Cl)c1C(O)C1CCOC2(CCCC2)C1. The molecule has 2 fully saturated rings. The Bertz CT molecular complexity index is 494. The Morgan fingerprint density at radius 1 is 1.45 bits per heavy atom. The van der Waals surface area contributed by atoms with E-state index in [0.29, 0.717) is 5.15 Å². The van der Waals surface area contributed by atoms with Crippen molar-refractivity contribution in [1.29, 1.82) is 0 Å². The summed E-state index contributed by atoms with van der Waals surface area (Å²) in [6.45, 7) is 2.66. The van der Waals surface area contributed by atoms with Crippen molar-refractivity contribution >= 4 is 11.6 Å². The molecule has 112 valence electrons. The Morgan fingerprint density at radius 2 is 2.15 bits per heavy atom. The summed E-state index contributed by atoms with van der Waals surface area (Å²) in [6.07, 6.45) is 6.07. The predicted molar refractivity (Wildman–Crippen MR) is 77.8 cm³/mol. The molecule has 1 aliphatic carbocycles. The Kier molecular flexibility index (Phi) is 3.82. The summed E-state index contributed by atoms with van der Waals surface area (Å²) in [4.78, 5) is 0. The lowest BCUT2D eigenvalue weighted by Gasteiger charge is -2.40. The van der Waals surface area contributed by atoms with E-state index in [-0.39, 0.29) is 11.5 Å². The summed E-state index contributed by atoms with van der Waals surface area (Å²) in [5.74, 6) is 0.224. The molecule has 20 heavy (non-hydrogen) atoms. The van der Waals surface area contributed by atoms with Crippen molar-refractivity contribution in [1.82, 2.24) is 9.78 Å². The molecule has 1 aromatic heterocycles. The molecule has 1 saturated heterocycles. The highest BCUT2D eigenvalue weighted by molar-refractivity contribution is 6.30. The molecule has 2 atom stereocenters. The van der Waals surface area contributed by atoms with Gasteiger partial charge in [0, 0.05) is 19.2 Å². The molecule has 2 heterocycles. The van der Waals surface area contributed by atoms with Crippen molar-refractivity contribution in [3.63, 3.8) is 0 Å². The molecule has 0 radical (unpaired) electrons. The Balaban J connectivity index is 1.81. The van der Waals surface area contributed by atoms with E-state index in [1.165, 1.54) is 12.8 Å². The smallest absolute Gasteiger partial charge is 0.132 e. The number of halogens is 1. The maximum atomic E-state index is 10.8. The first-order chi connectivity index (χ1) is 9.52. The minimum atomic E-state index is -0.530. The maximum Gasteiger partial charge on any atom is 0.132 e. The largest absolute Gasteiger partial charge is 0.388 e. The average Bonchev–Trinajstić information content (AvgIpc) is 2.95. The monoisotopic (exact) mass is 298 g/mol. The fourth-order valence-electron chi connectivity index (χ4n) is 3.92. The number of hydrogen-bond donors (Lipinski definition) is 1. The summed E-state index contributed by atoms with van der Waals surface area (Å²) in [5, 5.41) is 15.6. The maximum absolute atomic E-state index is 10.8. The van der Waals surface area contributed by atoms with Crippen molar-refractivity contribution in [2.45, 2.75) is 57.2 Å². The molecule has 1 N–H and O–H groups in total. The van der Waals surface area contributed by atoms with Crippen LogP contribution >= 0.6 is 11.6 Å². The number of nitrogens with zero attached hydrogens (tertiary/aromatic N) is 2. The molecule has 1 aromatic rings. The number of hydrogen-bond acceptors (Lipinski definition) is 3. The van der Waals surface area contributed by atoms with Crippen LogP contribution in [0, 0.1) is 12.8 Å². The summed E-state index contributed by atoms with van der Waals surface area (Å²) >= 11 is 6.29. The van der Waals surface area contributed by atoms with Crippen LogP contribution in [-0.2, 0) is 11.8 Å². The third kappa shape index (κ3) is 2.38. The van der Waals surface area contributed by atoms with E-state index in [0.717, 1.165) is 43.5 Å². The number of aliphatic hydroxyl groups excluding tert-OH is 1. The number of aliphatic hydroxyl groups is 1. The van der Waals surface area contributed by atoms with Gasteiger partial charge < -0.3 is 9.84 Å². The zero-order chi connectivity index (χ0) is 14.3. The average molecular weight is 299 g/mol. The van der Waals surface area contributed by atoms with Crippen molar-refractivity contribution in [2.24, 2.45) is 13.0 Å². The fourth-order valence-corrected chi connectivity index (χ4v) is 4.21. The van der Waals surface area contributed by atoms with E-state index in [9.17, 15) is 5.11 Å². The van der Waals surface area contributed by atoms with E-state index in [4.69, 9.17) is 16.3 Å². The third-order valence-electron chi connectivity index (χ3n) is 4.98. The summed E-state index contributed by atoms with van der Waals surface area (Å²) in [5.41, 5.74) is 1.65. The number of ether oxygens (including phenoxy) is 1. The zero-order valence-corrected chi connectivity index (χ0v) is 13.0. The minimum absolute atomic E-state index is 0.0203. The lowest BCUT2D eigenvalue weighted by Crippen LogP contribution is -2.39. The van der Waals surface area contributed by atoms with Gasteiger partial charge in [0.05, 0.1) is 17.4 Å². The number of rotatable bonds is 2. The van der Waals surface area contributed by atoms with Crippen LogP contribution in [0.25, 0.3) is 0 Å². The molecule has 1 aliphatic heterocycles. The molecule has 1 saturated carbocycles. The van der Waals surface area contributed by atoms with Gasteiger partial charge in [0.2, 0.25) is 0 Å². The number of aromatic nitrogens is 2. The van der Waals surface area contributed by atoms with Crippen LogP contribution in [-0.4, -0.2) is 27.1 Å². The first kappa shape index (κ1) is 14.4. The van der Waals surface area contributed by atoms with Crippen LogP contribution in [0.15, 0.2) is 0 Å². The Morgan fingerprint density at radius 3 is 2.75 bits per heavy atom. The van der Waals surface area contributed by atoms with Gasteiger partial charge in [-0.25, -0.2) is 0 Å². The fraction of sp³-hybridized carbons (Fsp3) is 0.800. The Labute approximate surface area is 125 Å². The minimum Gasteiger partial charge on any atom is -0.388 e. The second kappa shape index (κ2) is 5.32. The molecule has 0 bridgehead atoms. The van der Waals surface area contributed by atoms with Gasteiger partial charge in [0.25, 0.3) is 0 Å². The van der Waals surface area contributed by atoms with Crippen molar-refractivity contribution in [2.75, 3.05) is 6.61 Å². The van der Waals surface area contributed by atoms with Crippen LogP contribution in [0.1, 0.15) is 55.9 Å². The van der Waals surface area contributed by atoms with E-state index in [1.807, 2.05) is 14.0 Å². The highest BCUT2D eigenvalue weighted by Gasteiger charge is 2.42. The van der Waals surface area contributed by atoms with Gasteiger partial charge in [-0.2, -0.15) is 5.10 Å². The lowest BCUT2D eigenvalue weighted by molar-refractivity contribution is -0.113. The van der Waals surface area contributed by atoms with Gasteiger partial charge in [-0.1, -0.05) is 24.4 Å². The Hall–Kier alpha value is -0.580. The topological polar surface area (TPSA) is 47.3 Å². The molecule has 2 unspecified atom stereocenters. The molecule has 1 spiro atoms. The molecule has 2 aliphatic rings. The first-order valence-electron chi connectivity index (χ1n) is 7.53. The van der Waals surface area contributed by atoms with Crippen LogP contribution in [0.3, 0.4) is 0 Å². The van der Waals surface area contributed by atoms with Gasteiger partial charge in [-0.05, 0) is 38.5 Å². The molecule has 4 nitrogen and oxygen atoms in total. The molecular weight excluding hydrogens is 276 g/mol. The molecule has 0 amide bonds. The molecule has 0 aromatic carbocycles. The van der Waals surface area contributed by atoms with Crippen LogP contribution in [0.4, 0.5) is 0 Å². The van der Waals surface area contributed by atoms with Crippen LogP contribution in [0.2, 0.25) is 5.15 Å². The van der Waals surface area contributed by atoms with Gasteiger partial charge in [0.1, 0.15) is 5.15 Å². The second-order valence-electron chi connectivity index (χ2n) is 6.35. The lowest BCUT2D eigenvalue weighted by atomic mass is 9.80. The number of aryl methyl sites for hydroxylation is 2. The standard InChI is InChI=1S/C15H23ClN2O2/c1-10-12(14(16)18(2)17-10)13(19)11-5-8-20-15(9-11)6-3-4-7-15/h11,13,19H,3-9H2,1-2H3. The normalized spacial score (nSPS) is 27.1. The zero-order valence-electron chi connectivity index (χ0n) is 12.2. The van der Waals surface area contributed by atoms with Gasteiger partial charge >= 0.3 is 0 Å². The second-order valence-corrected chi connectivity index (χ2v) is 6.71. The first-order valence-corrected chi connectivity index (χ1v) is 7.91. The van der Waals surface area contributed by atoms with E-state index >= 15 is 0 Å². The van der Waals surface area contributed by atoms with E-state index in [2.05, 4.69) is 5.10 Å². The van der Waals surface area contributed by atoms with E-state index in [1.54, 1.807) is 4.68 Å². The van der Waals surface area contributed by atoms with Crippen molar-refractivity contribution in [3.8, 4) is 0 Å². The van der Waals surface area contributed by atoms with Gasteiger partial charge in [-0.3, -0.25) is 4.68 Å². The quantitative estimate of drug-likeness (QED) is 0.912. The summed E-state index contributed by atoms with van der Waals surface area (Å²) in [7, 11) is 1.81. The van der Waals surface area contributed by atoms with Crippen LogP contribution < -0.4 is 0 Å². The van der Waals surface area contributed by atoms with Gasteiger partial charge in [-0.15, -0.1) is 0 Å².